The molecule has 0 aromatic carbocycles. The van der Waals surface area contributed by atoms with E-state index in [1.54, 1.807) is 12.4 Å². The maximum Gasteiger partial charge on any atom is 0.317 e. The predicted molar refractivity (Wildman–Crippen MR) is 92.7 cm³/mol. The standard InChI is InChI=1S/C18H28N4O2/c1-15(17-4-6-19-7-5-17)20-18(23)22-8-2-3-16(14-22)13-21-9-11-24-12-10-21/h4-7,15-16H,2-3,8-14H2,1H3,(H,20,23)/t15-,16-/m1/s1. The Balaban J connectivity index is 1.49. The monoisotopic (exact) mass is 332 g/mol. The highest BCUT2D eigenvalue weighted by Crippen LogP contribution is 2.19. The van der Waals surface area contributed by atoms with Gasteiger partial charge in [-0.25, -0.2) is 4.79 Å². The molecule has 0 aliphatic carbocycles. The van der Waals surface area contributed by atoms with Crippen molar-refractivity contribution in [2.75, 3.05) is 45.9 Å². The van der Waals surface area contributed by atoms with Crippen molar-refractivity contribution in [3.05, 3.63) is 30.1 Å². The number of nitrogens with one attached hydrogen (secondary N) is 1. The van der Waals surface area contributed by atoms with E-state index in [1.807, 2.05) is 24.0 Å². The van der Waals surface area contributed by atoms with E-state index in [9.17, 15) is 4.79 Å². The van der Waals surface area contributed by atoms with Gasteiger partial charge in [0.2, 0.25) is 0 Å². The van der Waals surface area contributed by atoms with E-state index in [2.05, 4.69) is 15.2 Å². The summed E-state index contributed by atoms with van der Waals surface area (Å²) in [5, 5.41) is 3.12. The van der Waals surface area contributed by atoms with Gasteiger partial charge in [-0.3, -0.25) is 9.88 Å². The van der Waals surface area contributed by atoms with Crippen molar-refractivity contribution in [2.24, 2.45) is 5.92 Å². The highest BCUT2D eigenvalue weighted by molar-refractivity contribution is 5.74. The van der Waals surface area contributed by atoms with E-state index < -0.39 is 0 Å². The summed E-state index contributed by atoms with van der Waals surface area (Å²) in [7, 11) is 0. The molecule has 2 fully saturated rings. The van der Waals surface area contributed by atoms with Gasteiger partial charge >= 0.3 is 6.03 Å². The second kappa shape index (κ2) is 8.44. The number of hydrogen-bond acceptors (Lipinski definition) is 4. The number of carbonyl (C=O) groups is 1. The summed E-state index contributed by atoms with van der Waals surface area (Å²) >= 11 is 0. The van der Waals surface area contributed by atoms with Crippen molar-refractivity contribution in [2.45, 2.75) is 25.8 Å². The van der Waals surface area contributed by atoms with Crippen LogP contribution in [0.4, 0.5) is 4.79 Å². The van der Waals surface area contributed by atoms with Gasteiger partial charge in [0.25, 0.3) is 0 Å². The molecule has 24 heavy (non-hydrogen) atoms. The van der Waals surface area contributed by atoms with Gasteiger partial charge in [-0.1, -0.05) is 0 Å². The molecule has 0 saturated carbocycles. The van der Waals surface area contributed by atoms with Crippen LogP contribution in [0.5, 0.6) is 0 Å². The highest BCUT2D eigenvalue weighted by Gasteiger charge is 2.26. The van der Waals surface area contributed by atoms with Gasteiger partial charge in [-0.15, -0.1) is 0 Å². The van der Waals surface area contributed by atoms with Crippen molar-refractivity contribution < 1.29 is 9.53 Å². The minimum Gasteiger partial charge on any atom is -0.379 e. The zero-order valence-electron chi connectivity index (χ0n) is 14.5. The average Bonchev–Trinajstić information content (AvgIpc) is 2.63. The van der Waals surface area contributed by atoms with Crippen LogP contribution in [0.15, 0.2) is 24.5 Å². The maximum atomic E-state index is 12.6. The average molecular weight is 332 g/mol. The second-order valence-corrected chi connectivity index (χ2v) is 6.82. The number of aromatic nitrogens is 1. The Morgan fingerprint density at radius 2 is 2.08 bits per heavy atom. The number of ether oxygens (including phenoxy) is 1. The first-order valence-corrected chi connectivity index (χ1v) is 8.98. The van der Waals surface area contributed by atoms with Crippen molar-refractivity contribution in [1.82, 2.24) is 20.1 Å². The van der Waals surface area contributed by atoms with E-state index in [-0.39, 0.29) is 12.1 Å². The van der Waals surface area contributed by atoms with Gasteiger partial charge in [-0.05, 0) is 43.4 Å². The van der Waals surface area contributed by atoms with E-state index >= 15 is 0 Å². The number of carbonyl (C=O) groups excluding carboxylic acids is 1. The van der Waals surface area contributed by atoms with Crippen LogP contribution < -0.4 is 5.32 Å². The number of amides is 2. The minimum absolute atomic E-state index is 0.000111. The fourth-order valence-electron chi connectivity index (χ4n) is 3.56. The first kappa shape index (κ1) is 17.2. The zero-order chi connectivity index (χ0) is 16.8. The van der Waals surface area contributed by atoms with E-state index in [0.29, 0.717) is 5.92 Å². The topological polar surface area (TPSA) is 57.7 Å². The molecule has 1 aromatic rings. The zero-order valence-corrected chi connectivity index (χ0v) is 14.5. The molecule has 3 heterocycles. The van der Waals surface area contributed by atoms with Crippen LogP contribution in [-0.2, 0) is 4.74 Å². The molecule has 2 aliphatic rings. The van der Waals surface area contributed by atoms with Crippen LogP contribution in [0.3, 0.4) is 0 Å². The Bertz CT molecular complexity index is 519. The number of hydrogen-bond donors (Lipinski definition) is 1. The fourth-order valence-corrected chi connectivity index (χ4v) is 3.56. The predicted octanol–water partition coefficient (Wildman–Crippen LogP) is 1.90. The summed E-state index contributed by atoms with van der Waals surface area (Å²) < 4.78 is 5.41. The lowest BCUT2D eigenvalue weighted by Gasteiger charge is -2.37. The van der Waals surface area contributed by atoms with Gasteiger partial charge in [0.1, 0.15) is 0 Å². The van der Waals surface area contributed by atoms with Crippen molar-refractivity contribution >= 4 is 6.03 Å². The summed E-state index contributed by atoms with van der Waals surface area (Å²) in [6.07, 6.45) is 5.82. The molecule has 2 amide bonds. The van der Waals surface area contributed by atoms with Gasteiger partial charge in [0.15, 0.2) is 0 Å². The van der Waals surface area contributed by atoms with Crippen LogP contribution in [0.1, 0.15) is 31.4 Å². The largest absolute Gasteiger partial charge is 0.379 e. The lowest BCUT2D eigenvalue weighted by atomic mass is 9.97. The Morgan fingerprint density at radius 1 is 1.33 bits per heavy atom. The van der Waals surface area contributed by atoms with Gasteiger partial charge in [-0.2, -0.15) is 0 Å². The Hall–Kier alpha value is -1.66. The Kier molecular flexibility index (Phi) is 6.04. The number of morpholine rings is 1. The molecule has 132 valence electrons. The molecular weight excluding hydrogens is 304 g/mol. The smallest absolute Gasteiger partial charge is 0.317 e. The third-order valence-electron chi connectivity index (χ3n) is 4.97. The van der Waals surface area contributed by atoms with Crippen LogP contribution in [0.25, 0.3) is 0 Å². The number of likely N-dealkylation sites (tertiary alicyclic amines) is 1. The Morgan fingerprint density at radius 3 is 2.83 bits per heavy atom. The lowest BCUT2D eigenvalue weighted by Crippen LogP contribution is -2.49. The van der Waals surface area contributed by atoms with Crippen molar-refractivity contribution in [1.29, 1.82) is 0 Å². The number of piperidine rings is 1. The SMILES string of the molecule is C[C@@H](NC(=O)N1CCC[C@H](CN2CCOCC2)C1)c1ccncc1. The van der Waals surface area contributed by atoms with E-state index in [0.717, 1.165) is 57.9 Å². The summed E-state index contributed by atoms with van der Waals surface area (Å²) in [5.74, 6) is 0.568. The molecule has 0 radical (unpaired) electrons. The van der Waals surface area contributed by atoms with Gasteiger partial charge in [0, 0.05) is 45.1 Å². The molecule has 0 unspecified atom stereocenters. The van der Waals surface area contributed by atoms with Crippen molar-refractivity contribution in [3.8, 4) is 0 Å². The van der Waals surface area contributed by atoms with Crippen LogP contribution in [0, 0.1) is 5.92 Å². The first-order valence-electron chi connectivity index (χ1n) is 8.98. The minimum atomic E-state index is 0.000111. The Labute approximate surface area is 144 Å². The van der Waals surface area contributed by atoms with Crippen LogP contribution in [0.2, 0.25) is 0 Å². The molecule has 1 N–H and O–H groups in total. The van der Waals surface area contributed by atoms with Crippen molar-refractivity contribution in [3.63, 3.8) is 0 Å². The number of nitrogens with zero attached hydrogens (tertiary/aromatic N) is 3. The fraction of sp³-hybridized carbons (Fsp3) is 0.667. The third-order valence-corrected chi connectivity index (χ3v) is 4.97. The normalized spacial score (nSPS) is 23.7. The van der Waals surface area contributed by atoms with Crippen LogP contribution in [-0.4, -0.2) is 66.8 Å². The number of urea groups is 1. The molecule has 2 atom stereocenters. The molecule has 6 heteroatoms. The van der Waals surface area contributed by atoms with Gasteiger partial charge < -0.3 is 15.0 Å². The first-order chi connectivity index (χ1) is 11.7. The number of pyridine rings is 1. The van der Waals surface area contributed by atoms with Crippen LogP contribution >= 0.6 is 0 Å². The summed E-state index contributed by atoms with van der Waals surface area (Å²) in [5.41, 5.74) is 1.08. The summed E-state index contributed by atoms with van der Waals surface area (Å²) in [6.45, 7) is 8.50. The lowest BCUT2D eigenvalue weighted by molar-refractivity contribution is 0.0248. The summed E-state index contributed by atoms with van der Waals surface area (Å²) in [6, 6.07) is 3.94. The molecule has 0 bridgehead atoms. The highest BCUT2D eigenvalue weighted by atomic mass is 16.5. The molecule has 0 spiro atoms. The molecule has 2 saturated heterocycles. The molecule has 3 rings (SSSR count). The van der Waals surface area contributed by atoms with E-state index in [4.69, 9.17) is 4.74 Å². The number of rotatable bonds is 4. The maximum absolute atomic E-state index is 12.6. The molecule has 1 aromatic heterocycles. The van der Waals surface area contributed by atoms with E-state index in [1.165, 1.54) is 6.42 Å². The second-order valence-electron chi connectivity index (χ2n) is 6.82. The molecule has 6 nitrogen and oxygen atoms in total. The molecular formula is C18H28N4O2. The quantitative estimate of drug-likeness (QED) is 0.915. The third kappa shape index (κ3) is 4.68. The van der Waals surface area contributed by atoms with Gasteiger partial charge in [0.05, 0.1) is 19.3 Å². The summed E-state index contributed by atoms with van der Waals surface area (Å²) in [4.78, 5) is 21.1. The molecule has 2 aliphatic heterocycles.